The normalized spacial score (nSPS) is 16.0. The van der Waals surface area contributed by atoms with Crippen LogP contribution >= 0.6 is 0 Å². The zero-order valence-electron chi connectivity index (χ0n) is 21.1. The maximum absolute atomic E-state index is 6.54. The van der Waals surface area contributed by atoms with Gasteiger partial charge in [-0.25, -0.2) is 0 Å². The first-order valence-electron chi connectivity index (χ1n) is 12.4. The third kappa shape index (κ3) is 3.72. The first-order valence-corrected chi connectivity index (χ1v) is 12.4. The van der Waals surface area contributed by atoms with Gasteiger partial charge in [0.1, 0.15) is 29.2 Å². The average molecular weight is 472 g/mol. The van der Waals surface area contributed by atoms with E-state index >= 15 is 0 Å². The summed E-state index contributed by atoms with van der Waals surface area (Å²) >= 11 is 0. The molecular weight excluding hydrogens is 443 g/mol. The lowest BCUT2D eigenvalue weighted by atomic mass is 9.35. The molecule has 0 N–H and O–H groups in total. The summed E-state index contributed by atoms with van der Waals surface area (Å²) in [4.78, 5) is 4.54. The fourth-order valence-electron chi connectivity index (χ4n) is 5.22. The van der Waals surface area contributed by atoms with Gasteiger partial charge in [0.15, 0.2) is 0 Å². The highest BCUT2D eigenvalue weighted by Gasteiger charge is 2.36. The minimum Gasteiger partial charge on any atom is -0.458 e. The van der Waals surface area contributed by atoms with Crippen molar-refractivity contribution in [1.82, 2.24) is 4.90 Å². The molecule has 36 heavy (non-hydrogen) atoms. The Labute approximate surface area is 213 Å². The number of benzene rings is 4. The van der Waals surface area contributed by atoms with Crippen molar-refractivity contribution in [3.05, 3.63) is 108 Å². The van der Waals surface area contributed by atoms with Gasteiger partial charge in [0.25, 0.3) is 6.71 Å². The van der Waals surface area contributed by atoms with Crippen LogP contribution in [0.25, 0.3) is 0 Å². The summed E-state index contributed by atoms with van der Waals surface area (Å²) in [5, 5.41) is 0. The number of hydrogen-bond donors (Lipinski definition) is 0. The molecule has 0 aliphatic carbocycles. The first kappa shape index (κ1) is 22.4. The van der Waals surface area contributed by atoms with Gasteiger partial charge in [0.05, 0.1) is 0 Å². The number of hydrogen-bond acceptors (Lipinski definition) is 4. The molecule has 178 valence electrons. The van der Waals surface area contributed by atoms with E-state index in [1.165, 1.54) is 11.3 Å². The molecule has 6 rings (SSSR count). The third-order valence-electron chi connectivity index (χ3n) is 7.37. The van der Waals surface area contributed by atoms with Gasteiger partial charge in [-0.2, -0.15) is 0 Å². The quantitative estimate of drug-likeness (QED) is 0.332. The Bertz CT molecular complexity index is 1480. The Kier molecular flexibility index (Phi) is 5.48. The fourth-order valence-corrected chi connectivity index (χ4v) is 5.22. The van der Waals surface area contributed by atoms with Crippen molar-refractivity contribution in [3.63, 3.8) is 0 Å². The molecule has 0 spiro atoms. The van der Waals surface area contributed by atoms with Gasteiger partial charge in [-0.05, 0) is 78.6 Å². The molecule has 0 unspecified atom stereocenters. The molecule has 1 atom stereocenters. The Balaban J connectivity index is 1.52. The molecule has 4 nitrogen and oxygen atoms in total. The van der Waals surface area contributed by atoms with Gasteiger partial charge in [0, 0.05) is 25.1 Å². The molecule has 4 aromatic carbocycles. The molecule has 0 saturated carbocycles. The van der Waals surface area contributed by atoms with E-state index in [0.29, 0.717) is 0 Å². The number of para-hydroxylation sites is 3. The molecular formula is C31H29BN2O2. The number of nitrogens with zero attached hydrogens (tertiary/aromatic N) is 2. The molecule has 0 bridgehead atoms. The lowest BCUT2D eigenvalue weighted by Gasteiger charge is -2.32. The van der Waals surface area contributed by atoms with E-state index in [0.717, 1.165) is 44.9 Å². The fraction of sp³-hybridized carbons (Fsp3) is 0.161. The van der Waals surface area contributed by atoms with Crippen LogP contribution in [0, 0.1) is 13.8 Å². The Hall–Kier alpha value is -4.12. The van der Waals surface area contributed by atoms with E-state index in [4.69, 9.17) is 9.47 Å². The summed E-state index contributed by atoms with van der Waals surface area (Å²) in [7, 11) is 2.11. The van der Waals surface area contributed by atoms with E-state index in [2.05, 4.69) is 105 Å². The topological polar surface area (TPSA) is 24.9 Å². The van der Waals surface area contributed by atoms with E-state index in [9.17, 15) is 0 Å². The van der Waals surface area contributed by atoms with Crippen molar-refractivity contribution in [1.29, 1.82) is 0 Å². The summed E-state index contributed by atoms with van der Waals surface area (Å²) in [6.07, 6.45) is 4.52. The zero-order valence-corrected chi connectivity index (χ0v) is 21.1. The van der Waals surface area contributed by atoms with Gasteiger partial charge < -0.3 is 19.3 Å². The van der Waals surface area contributed by atoms with Crippen molar-refractivity contribution in [2.24, 2.45) is 0 Å². The number of ether oxygens (including phenoxy) is 2. The molecule has 0 amide bonds. The van der Waals surface area contributed by atoms with Gasteiger partial charge in [0.2, 0.25) is 0 Å². The Morgan fingerprint density at radius 1 is 0.722 bits per heavy atom. The molecule has 0 fully saturated rings. The second kappa shape index (κ2) is 8.83. The number of aryl methyl sites for hydroxylation is 2. The van der Waals surface area contributed by atoms with Crippen molar-refractivity contribution in [2.75, 3.05) is 11.9 Å². The maximum Gasteiger partial charge on any atom is 0.255 e. The minimum atomic E-state index is -0.0239. The SMILES string of the molecule is Cc1ccccc1Oc1ccccc1B1c2ccccc2Oc2cc(C)c(N3C=CN(C)[C@@H]3C)cc21. The van der Waals surface area contributed by atoms with Crippen LogP contribution in [-0.2, 0) is 0 Å². The standard InChI is InChI=1S/C31H29BN2O2/c1-21-11-5-8-14-28(21)35-29-15-9-6-12-24(29)32-25-13-7-10-16-30(25)36-31-19-22(2)27(20-26(31)32)34-18-17-33(4)23(34)3/h5-20,23H,1-4H3/t23-/m0/s1. The van der Waals surface area contributed by atoms with Crippen LogP contribution in [0.4, 0.5) is 5.69 Å². The minimum absolute atomic E-state index is 0.0239. The molecule has 2 aliphatic heterocycles. The predicted octanol–water partition coefficient (Wildman–Crippen LogP) is 5.29. The number of rotatable bonds is 4. The van der Waals surface area contributed by atoms with Crippen LogP contribution in [0.5, 0.6) is 23.0 Å². The van der Waals surface area contributed by atoms with Crippen molar-refractivity contribution in [2.45, 2.75) is 26.9 Å². The van der Waals surface area contributed by atoms with Gasteiger partial charge in [-0.3, -0.25) is 0 Å². The van der Waals surface area contributed by atoms with Crippen LogP contribution < -0.4 is 30.8 Å². The second-order valence-electron chi connectivity index (χ2n) is 9.66. The molecule has 0 radical (unpaired) electrons. The molecule has 2 heterocycles. The lowest BCUT2D eigenvalue weighted by molar-refractivity contribution is 0.383. The van der Waals surface area contributed by atoms with Crippen LogP contribution in [0.1, 0.15) is 18.1 Å². The summed E-state index contributed by atoms with van der Waals surface area (Å²) in [5.74, 6) is 3.52. The highest BCUT2D eigenvalue weighted by atomic mass is 16.5. The smallest absolute Gasteiger partial charge is 0.255 e. The third-order valence-corrected chi connectivity index (χ3v) is 7.37. The summed E-state index contributed by atoms with van der Waals surface area (Å²) < 4.78 is 13.0. The number of fused-ring (bicyclic) bond motifs is 2. The monoisotopic (exact) mass is 472 g/mol. The molecule has 5 heteroatoms. The van der Waals surface area contributed by atoms with Gasteiger partial charge in [-0.1, -0.05) is 54.6 Å². The van der Waals surface area contributed by atoms with E-state index in [-0.39, 0.29) is 12.9 Å². The van der Waals surface area contributed by atoms with Gasteiger partial charge in [-0.15, -0.1) is 0 Å². The summed E-state index contributed by atoms with van der Waals surface area (Å²) in [5.41, 5.74) is 6.88. The first-order chi connectivity index (χ1) is 17.5. The molecule has 4 aromatic rings. The molecule has 0 aromatic heterocycles. The zero-order chi connectivity index (χ0) is 24.8. The van der Waals surface area contributed by atoms with Crippen LogP contribution in [0.2, 0.25) is 0 Å². The Morgan fingerprint density at radius 2 is 1.42 bits per heavy atom. The average Bonchev–Trinajstić information content (AvgIpc) is 3.22. The molecule has 0 saturated heterocycles. The van der Waals surface area contributed by atoms with Crippen LogP contribution in [-0.4, -0.2) is 24.8 Å². The van der Waals surface area contributed by atoms with Gasteiger partial charge >= 0.3 is 0 Å². The molecule has 2 aliphatic rings. The van der Waals surface area contributed by atoms with E-state index in [1.807, 2.05) is 30.3 Å². The Morgan fingerprint density at radius 3 is 2.17 bits per heavy atom. The highest BCUT2D eigenvalue weighted by molar-refractivity contribution is 6.97. The van der Waals surface area contributed by atoms with Crippen molar-refractivity contribution >= 4 is 28.8 Å². The van der Waals surface area contributed by atoms with Crippen molar-refractivity contribution < 1.29 is 9.47 Å². The predicted molar refractivity (Wildman–Crippen MR) is 149 cm³/mol. The lowest BCUT2D eigenvalue weighted by Crippen LogP contribution is -2.55. The number of anilines is 1. The summed E-state index contributed by atoms with van der Waals surface area (Å²) in [6, 6.07) is 29.3. The second-order valence-corrected chi connectivity index (χ2v) is 9.66. The summed E-state index contributed by atoms with van der Waals surface area (Å²) in [6.45, 7) is 6.42. The maximum atomic E-state index is 6.54. The van der Waals surface area contributed by atoms with E-state index in [1.54, 1.807) is 0 Å². The largest absolute Gasteiger partial charge is 0.458 e. The highest BCUT2D eigenvalue weighted by Crippen LogP contribution is 2.33. The van der Waals surface area contributed by atoms with Crippen LogP contribution in [0.15, 0.2) is 97.3 Å². The van der Waals surface area contributed by atoms with E-state index < -0.39 is 0 Å². The van der Waals surface area contributed by atoms with Crippen molar-refractivity contribution in [3.8, 4) is 23.0 Å². The van der Waals surface area contributed by atoms with Crippen LogP contribution in [0.3, 0.4) is 0 Å².